The quantitative estimate of drug-likeness (QED) is 0.459. The van der Waals surface area contributed by atoms with E-state index in [0.29, 0.717) is 34.1 Å². The zero-order valence-corrected chi connectivity index (χ0v) is 18.2. The van der Waals surface area contributed by atoms with Crippen LogP contribution < -0.4 is 15.2 Å². The molecule has 31 heavy (non-hydrogen) atoms. The van der Waals surface area contributed by atoms with Gasteiger partial charge in [-0.3, -0.25) is 14.2 Å². The fraction of sp³-hybridized carbons (Fsp3) is 0.174. The van der Waals surface area contributed by atoms with Gasteiger partial charge < -0.3 is 9.64 Å². The molecule has 0 N–H and O–H groups in total. The average Bonchev–Trinajstić information content (AvgIpc) is 3.20. The first kappa shape index (κ1) is 19.8. The minimum atomic E-state index is -0.221. The van der Waals surface area contributed by atoms with Crippen LogP contribution in [0.2, 0.25) is 5.02 Å². The van der Waals surface area contributed by atoms with Crippen molar-refractivity contribution in [2.75, 3.05) is 18.1 Å². The molecule has 0 aliphatic carbocycles. The largest absolute Gasteiger partial charge is 0.490 e. The fourth-order valence-corrected chi connectivity index (χ4v) is 4.81. The number of benzene rings is 2. The van der Waals surface area contributed by atoms with Gasteiger partial charge in [0.05, 0.1) is 24.1 Å². The molecule has 0 unspecified atom stereocenters. The highest BCUT2D eigenvalue weighted by atomic mass is 35.5. The molecule has 0 radical (unpaired) electrons. The Morgan fingerprint density at radius 1 is 1.23 bits per heavy atom. The first-order valence-corrected chi connectivity index (χ1v) is 11.0. The number of halogens is 1. The highest BCUT2D eigenvalue weighted by Gasteiger charge is 2.24. The molecule has 8 heteroatoms. The highest BCUT2D eigenvalue weighted by molar-refractivity contribution is 7.17. The van der Waals surface area contributed by atoms with Crippen LogP contribution in [0.15, 0.2) is 59.0 Å². The zero-order chi connectivity index (χ0) is 21.5. The van der Waals surface area contributed by atoms with Gasteiger partial charge in [-0.1, -0.05) is 29.8 Å². The lowest BCUT2D eigenvalue weighted by Crippen LogP contribution is -2.41. The van der Waals surface area contributed by atoms with E-state index in [9.17, 15) is 9.59 Å². The van der Waals surface area contributed by atoms with Crippen molar-refractivity contribution in [2.45, 2.75) is 13.5 Å². The maximum atomic E-state index is 13.1. The molecule has 2 aromatic heterocycles. The van der Waals surface area contributed by atoms with Gasteiger partial charge in [0.25, 0.3) is 5.56 Å². The normalized spacial score (nSPS) is 13.2. The second-order valence-corrected chi connectivity index (χ2v) is 8.69. The van der Waals surface area contributed by atoms with Gasteiger partial charge in [0.15, 0.2) is 0 Å². The Kier molecular flexibility index (Phi) is 5.00. The molecule has 0 saturated heterocycles. The summed E-state index contributed by atoms with van der Waals surface area (Å²) in [5.74, 6) is 0.505. The Labute approximate surface area is 187 Å². The van der Waals surface area contributed by atoms with Gasteiger partial charge in [-0.25, -0.2) is 4.98 Å². The number of rotatable bonds is 3. The Balaban J connectivity index is 1.46. The van der Waals surface area contributed by atoms with Crippen molar-refractivity contribution < 1.29 is 9.53 Å². The summed E-state index contributed by atoms with van der Waals surface area (Å²) in [5.41, 5.74) is 4.01. The van der Waals surface area contributed by atoms with Gasteiger partial charge in [0.1, 0.15) is 23.6 Å². The zero-order valence-electron chi connectivity index (χ0n) is 16.7. The lowest BCUT2D eigenvalue weighted by atomic mass is 10.1. The van der Waals surface area contributed by atoms with Crippen LogP contribution in [0.1, 0.15) is 5.56 Å². The molecule has 4 aromatic rings. The van der Waals surface area contributed by atoms with Crippen molar-refractivity contribution in [1.82, 2.24) is 9.55 Å². The van der Waals surface area contributed by atoms with Crippen LogP contribution in [0.25, 0.3) is 21.3 Å². The minimum Gasteiger partial charge on any atom is -0.490 e. The van der Waals surface area contributed by atoms with Gasteiger partial charge in [0, 0.05) is 16.0 Å². The third-order valence-corrected chi connectivity index (χ3v) is 6.49. The van der Waals surface area contributed by atoms with E-state index in [2.05, 4.69) is 4.98 Å². The Morgan fingerprint density at radius 3 is 2.84 bits per heavy atom. The minimum absolute atomic E-state index is 0.0800. The molecule has 0 bridgehead atoms. The summed E-state index contributed by atoms with van der Waals surface area (Å²) in [6.45, 7) is 2.75. The SMILES string of the molecule is Cc1ccc2c(c1)N(C(=O)Cn1cnc3c(-c4ccc(Cl)cc4)csc3c1=O)CCO2. The number of amides is 1. The standard InChI is InChI=1S/C23H18ClN3O3S/c1-14-2-7-19-18(10-14)27(8-9-30-19)20(28)11-26-13-25-21-17(12-31-22(21)23(26)29)15-3-5-16(24)6-4-15/h2-7,10,12-13H,8-9,11H2,1H3. The topological polar surface area (TPSA) is 64.4 Å². The monoisotopic (exact) mass is 451 g/mol. The summed E-state index contributed by atoms with van der Waals surface area (Å²) < 4.78 is 7.56. The summed E-state index contributed by atoms with van der Waals surface area (Å²) in [6.07, 6.45) is 1.45. The van der Waals surface area contributed by atoms with Gasteiger partial charge in [-0.2, -0.15) is 0 Å². The predicted octanol–water partition coefficient (Wildman–Crippen LogP) is 4.51. The molecule has 1 aliphatic heterocycles. The van der Waals surface area contributed by atoms with Crippen molar-refractivity contribution in [3.05, 3.63) is 75.1 Å². The number of thiophene rings is 1. The molecule has 0 spiro atoms. The second-order valence-electron chi connectivity index (χ2n) is 7.38. The van der Waals surface area contributed by atoms with Crippen molar-refractivity contribution in [3.8, 4) is 16.9 Å². The Bertz CT molecular complexity index is 1360. The van der Waals surface area contributed by atoms with Crippen LogP contribution in [0, 0.1) is 6.92 Å². The molecule has 2 aromatic carbocycles. The maximum absolute atomic E-state index is 13.1. The maximum Gasteiger partial charge on any atom is 0.271 e. The van der Waals surface area contributed by atoms with Crippen LogP contribution >= 0.6 is 22.9 Å². The molecular weight excluding hydrogens is 434 g/mol. The van der Waals surface area contributed by atoms with Crippen LogP contribution in [0.5, 0.6) is 5.75 Å². The predicted molar refractivity (Wildman–Crippen MR) is 123 cm³/mol. The Hall–Kier alpha value is -3.16. The average molecular weight is 452 g/mol. The summed E-state index contributed by atoms with van der Waals surface area (Å²) in [5, 5.41) is 2.56. The van der Waals surface area contributed by atoms with Crippen LogP contribution in [-0.2, 0) is 11.3 Å². The molecule has 5 rings (SSSR count). The molecule has 0 fully saturated rings. The first-order chi connectivity index (χ1) is 15.0. The number of aryl methyl sites for hydroxylation is 1. The highest BCUT2D eigenvalue weighted by Crippen LogP contribution is 2.33. The third kappa shape index (κ3) is 3.60. The van der Waals surface area contributed by atoms with Gasteiger partial charge in [0.2, 0.25) is 5.91 Å². The number of hydrogen-bond acceptors (Lipinski definition) is 5. The van der Waals surface area contributed by atoms with E-state index in [1.54, 1.807) is 4.90 Å². The number of carbonyl (C=O) groups excluding carboxylic acids is 1. The van der Waals surface area contributed by atoms with Crippen LogP contribution in [-0.4, -0.2) is 28.6 Å². The number of anilines is 1. The molecule has 0 atom stereocenters. The molecular formula is C23H18ClN3O3S. The molecule has 0 saturated carbocycles. The number of hydrogen-bond donors (Lipinski definition) is 0. The lowest BCUT2D eigenvalue weighted by Gasteiger charge is -2.30. The van der Waals surface area contributed by atoms with E-state index in [1.165, 1.54) is 22.2 Å². The van der Waals surface area contributed by atoms with Gasteiger partial charge in [-0.05, 0) is 42.3 Å². The summed E-state index contributed by atoms with van der Waals surface area (Å²) in [6, 6.07) is 13.2. The number of nitrogens with zero attached hydrogens (tertiary/aromatic N) is 3. The van der Waals surface area contributed by atoms with E-state index in [0.717, 1.165) is 22.4 Å². The second kappa shape index (κ2) is 7.83. The number of ether oxygens (including phenoxy) is 1. The summed E-state index contributed by atoms with van der Waals surface area (Å²) in [7, 11) is 0. The molecule has 3 heterocycles. The summed E-state index contributed by atoms with van der Waals surface area (Å²) >= 11 is 7.31. The smallest absolute Gasteiger partial charge is 0.271 e. The fourth-order valence-electron chi connectivity index (χ4n) is 3.71. The molecule has 1 aliphatic rings. The van der Waals surface area contributed by atoms with Crippen molar-refractivity contribution in [2.24, 2.45) is 0 Å². The first-order valence-electron chi connectivity index (χ1n) is 9.77. The van der Waals surface area contributed by atoms with Gasteiger partial charge in [-0.15, -0.1) is 11.3 Å². The molecule has 1 amide bonds. The van der Waals surface area contributed by atoms with Crippen molar-refractivity contribution in [3.63, 3.8) is 0 Å². The Morgan fingerprint density at radius 2 is 2.03 bits per heavy atom. The van der Waals surface area contributed by atoms with Crippen LogP contribution in [0.3, 0.4) is 0 Å². The molecule has 156 valence electrons. The third-order valence-electron chi connectivity index (χ3n) is 5.29. The van der Waals surface area contributed by atoms with E-state index in [4.69, 9.17) is 16.3 Å². The number of aromatic nitrogens is 2. The van der Waals surface area contributed by atoms with E-state index in [-0.39, 0.29) is 18.0 Å². The van der Waals surface area contributed by atoms with Crippen molar-refractivity contribution in [1.29, 1.82) is 0 Å². The number of fused-ring (bicyclic) bond motifs is 2. The van der Waals surface area contributed by atoms with E-state index in [1.807, 2.05) is 54.8 Å². The molecule has 6 nitrogen and oxygen atoms in total. The lowest BCUT2D eigenvalue weighted by molar-refractivity contribution is -0.119. The number of carbonyl (C=O) groups is 1. The van der Waals surface area contributed by atoms with Crippen LogP contribution in [0.4, 0.5) is 5.69 Å². The van der Waals surface area contributed by atoms with E-state index >= 15 is 0 Å². The summed E-state index contributed by atoms with van der Waals surface area (Å²) in [4.78, 5) is 32.3. The van der Waals surface area contributed by atoms with E-state index < -0.39 is 0 Å². The van der Waals surface area contributed by atoms with Crippen molar-refractivity contribution >= 4 is 44.7 Å². The van der Waals surface area contributed by atoms with Gasteiger partial charge >= 0.3 is 0 Å².